The Balaban J connectivity index is 1.34. The number of amides is 1. The molecule has 1 aliphatic rings. The maximum atomic E-state index is 12.6. The minimum absolute atomic E-state index is 0.0214. The third-order valence-corrected chi connectivity index (χ3v) is 5.72. The highest BCUT2D eigenvalue weighted by atomic mass is 35.5. The van der Waals surface area contributed by atoms with Crippen LogP contribution in [0.1, 0.15) is 41.9 Å². The molecule has 0 spiro atoms. The minimum Gasteiger partial charge on any atom is -0.369 e. The lowest BCUT2D eigenvalue weighted by atomic mass is 10.1. The van der Waals surface area contributed by atoms with Gasteiger partial charge in [0.2, 0.25) is 0 Å². The Bertz CT molecular complexity index is 1010. The average Bonchev–Trinajstić information content (AvgIpc) is 3.07. The summed E-state index contributed by atoms with van der Waals surface area (Å²) in [5, 5.41) is 3.77. The van der Waals surface area contributed by atoms with E-state index in [1.165, 1.54) is 6.42 Å². The summed E-state index contributed by atoms with van der Waals surface area (Å²) in [6, 6.07) is 9.90. The number of fused-ring (bicyclic) bond motifs is 1. The third-order valence-electron chi connectivity index (χ3n) is 5.43. The van der Waals surface area contributed by atoms with E-state index in [4.69, 9.17) is 11.6 Å². The molecule has 1 saturated heterocycles. The maximum absolute atomic E-state index is 12.6. The summed E-state index contributed by atoms with van der Waals surface area (Å²) in [5.74, 6) is 1.66. The Morgan fingerprint density at radius 3 is 2.79 bits per heavy atom. The van der Waals surface area contributed by atoms with E-state index < -0.39 is 0 Å². The molecule has 0 bridgehead atoms. The van der Waals surface area contributed by atoms with Gasteiger partial charge in [-0.25, -0.2) is 9.97 Å². The predicted molar refractivity (Wildman–Crippen MR) is 117 cm³/mol. The number of para-hydroxylation sites is 2. The van der Waals surface area contributed by atoms with E-state index in [-0.39, 0.29) is 5.91 Å². The van der Waals surface area contributed by atoms with Gasteiger partial charge in [-0.2, -0.15) is 0 Å². The Morgan fingerprint density at radius 1 is 1.21 bits per heavy atom. The molecular weight excluding hydrogens is 386 g/mol. The van der Waals surface area contributed by atoms with Gasteiger partial charge in [0, 0.05) is 32.4 Å². The van der Waals surface area contributed by atoms with Gasteiger partial charge < -0.3 is 14.8 Å². The molecule has 0 saturated carbocycles. The van der Waals surface area contributed by atoms with E-state index in [9.17, 15) is 4.79 Å². The fourth-order valence-corrected chi connectivity index (χ4v) is 4.12. The molecule has 29 heavy (non-hydrogen) atoms. The number of aromatic nitrogens is 3. The summed E-state index contributed by atoms with van der Waals surface area (Å²) in [6.45, 7) is 5.27. The van der Waals surface area contributed by atoms with Crippen molar-refractivity contribution in [3.63, 3.8) is 0 Å². The molecule has 4 rings (SSSR count). The van der Waals surface area contributed by atoms with Crippen molar-refractivity contribution < 1.29 is 4.79 Å². The highest BCUT2D eigenvalue weighted by Gasteiger charge is 2.19. The second kappa shape index (κ2) is 8.82. The molecule has 3 heterocycles. The molecular formula is C22H26ClN5O. The lowest BCUT2D eigenvalue weighted by Crippen LogP contribution is -2.35. The van der Waals surface area contributed by atoms with Crippen LogP contribution >= 0.6 is 11.6 Å². The van der Waals surface area contributed by atoms with Crippen molar-refractivity contribution >= 4 is 34.4 Å². The van der Waals surface area contributed by atoms with E-state index in [0.717, 1.165) is 62.3 Å². The van der Waals surface area contributed by atoms with Crippen molar-refractivity contribution in [3.05, 3.63) is 52.9 Å². The van der Waals surface area contributed by atoms with Crippen LogP contribution in [0.5, 0.6) is 0 Å². The number of carbonyl (C=O) groups excluding carboxylic acids is 1. The zero-order valence-corrected chi connectivity index (χ0v) is 17.5. The third kappa shape index (κ3) is 4.37. The first-order valence-corrected chi connectivity index (χ1v) is 10.6. The lowest BCUT2D eigenvalue weighted by molar-refractivity contribution is 0.0724. The number of anilines is 1. The Kier molecular flexibility index (Phi) is 6.00. The topological polar surface area (TPSA) is 63.1 Å². The molecule has 0 atom stereocenters. The van der Waals surface area contributed by atoms with Crippen LogP contribution in [0.3, 0.4) is 0 Å². The van der Waals surface area contributed by atoms with Crippen LogP contribution in [-0.2, 0) is 6.54 Å². The zero-order chi connectivity index (χ0) is 20.2. The number of piperidine rings is 1. The number of aryl methyl sites for hydroxylation is 2. The molecule has 1 fully saturated rings. The molecule has 1 aliphatic heterocycles. The number of likely N-dealkylation sites (tertiary alicyclic amines) is 1. The Hall–Kier alpha value is -2.60. The van der Waals surface area contributed by atoms with Gasteiger partial charge in [0.05, 0.1) is 21.6 Å². The number of rotatable bonds is 6. The van der Waals surface area contributed by atoms with E-state index in [1.54, 1.807) is 12.3 Å². The average molecular weight is 412 g/mol. The van der Waals surface area contributed by atoms with Crippen molar-refractivity contribution in [2.75, 3.05) is 25.0 Å². The zero-order valence-electron chi connectivity index (χ0n) is 16.7. The quantitative estimate of drug-likeness (QED) is 0.605. The number of nitrogens with zero attached hydrogens (tertiary/aromatic N) is 4. The van der Waals surface area contributed by atoms with Crippen LogP contribution < -0.4 is 5.32 Å². The van der Waals surface area contributed by atoms with E-state index in [0.29, 0.717) is 16.4 Å². The normalized spacial score (nSPS) is 14.3. The van der Waals surface area contributed by atoms with Crippen molar-refractivity contribution in [1.82, 2.24) is 19.4 Å². The van der Waals surface area contributed by atoms with Crippen LogP contribution in [-0.4, -0.2) is 45.0 Å². The molecule has 2 aromatic heterocycles. The fraction of sp³-hybridized carbons (Fsp3) is 0.409. The summed E-state index contributed by atoms with van der Waals surface area (Å²) >= 11 is 6.38. The highest BCUT2D eigenvalue weighted by molar-refractivity contribution is 6.33. The van der Waals surface area contributed by atoms with Gasteiger partial charge in [-0.05, 0) is 50.8 Å². The molecule has 0 unspecified atom stereocenters. The number of hydrogen-bond acceptors (Lipinski definition) is 4. The van der Waals surface area contributed by atoms with Crippen molar-refractivity contribution in [2.45, 2.75) is 39.2 Å². The molecule has 0 aliphatic carbocycles. The van der Waals surface area contributed by atoms with Crippen LogP contribution in [0.25, 0.3) is 11.0 Å². The smallest absolute Gasteiger partial charge is 0.255 e. The summed E-state index contributed by atoms with van der Waals surface area (Å²) < 4.78 is 2.23. The Morgan fingerprint density at radius 2 is 2.00 bits per heavy atom. The largest absolute Gasteiger partial charge is 0.369 e. The molecule has 6 nitrogen and oxygen atoms in total. The fourth-order valence-electron chi connectivity index (χ4n) is 3.89. The van der Waals surface area contributed by atoms with Gasteiger partial charge in [-0.3, -0.25) is 4.79 Å². The van der Waals surface area contributed by atoms with Crippen LogP contribution in [0.2, 0.25) is 5.02 Å². The molecule has 7 heteroatoms. The number of pyridine rings is 1. The van der Waals surface area contributed by atoms with E-state index >= 15 is 0 Å². The van der Waals surface area contributed by atoms with Crippen molar-refractivity contribution in [1.29, 1.82) is 0 Å². The van der Waals surface area contributed by atoms with Crippen molar-refractivity contribution in [2.24, 2.45) is 0 Å². The Labute approximate surface area is 175 Å². The van der Waals surface area contributed by atoms with Gasteiger partial charge in [-0.15, -0.1) is 0 Å². The van der Waals surface area contributed by atoms with Gasteiger partial charge in [-0.1, -0.05) is 23.7 Å². The standard InChI is InChI=1S/C22H26ClN5O/c1-16-26-19-8-3-4-9-20(19)28(16)13-7-10-24-21-18(23)14-17(15-25-21)22(29)27-11-5-2-6-12-27/h3-4,8-9,14-15H,2,5-7,10-13H2,1H3,(H,24,25). The molecule has 3 aromatic rings. The van der Waals surface area contributed by atoms with Crippen molar-refractivity contribution in [3.8, 4) is 0 Å². The number of carbonyl (C=O) groups is 1. The van der Waals surface area contributed by atoms with Crippen LogP contribution in [0, 0.1) is 6.92 Å². The molecule has 152 valence electrons. The van der Waals surface area contributed by atoms with Gasteiger partial charge in [0.15, 0.2) is 0 Å². The van der Waals surface area contributed by atoms with Crippen LogP contribution in [0.4, 0.5) is 5.82 Å². The minimum atomic E-state index is 0.0214. The molecule has 1 amide bonds. The van der Waals surface area contributed by atoms with E-state index in [2.05, 4.69) is 25.9 Å². The van der Waals surface area contributed by atoms with Gasteiger partial charge in [0.25, 0.3) is 5.91 Å². The van der Waals surface area contributed by atoms with E-state index in [1.807, 2.05) is 30.0 Å². The van der Waals surface area contributed by atoms with Gasteiger partial charge in [0.1, 0.15) is 11.6 Å². The second-order valence-corrected chi connectivity index (χ2v) is 7.89. The number of imidazole rings is 1. The molecule has 1 N–H and O–H groups in total. The monoisotopic (exact) mass is 411 g/mol. The predicted octanol–water partition coefficient (Wildman–Crippen LogP) is 4.52. The first kappa shape index (κ1) is 19.7. The first-order chi connectivity index (χ1) is 14.1. The summed E-state index contributed by atoms with van der Waals surface area (Å²) in [4.78, 5) is 23.5. The second-order valence-electron chi connectivity index (χ2n) is 7.49. The van der Waals surface area contributed by atoms with Crippen LogP contribution in [0.15, 0.2) is 36.5 Å². The summed E-state index contributed by atoms with van der Waals surface area (Å²) in [5.41, 5.74) is 2.74. The molecule has 0 radical (unpaired) electrons. The molecule has 1 aromatic carbocycles. The number of hydrogen-bond donors (Lipinski definition) is 1. The van der Waals surface area contributed by atoms with Gasteiger partial charge >= 0.3 is 0 Å². The maximum Gasteiger partial charge on any atom is 0.255 e. The number of benzene rings is 1. The first-order valence-electron chi connectivity index (χ1n) is 10.2. The lowest BCUT2D eigenvalue weighted by Gasteiger charge is -2.26. The summed E-state index contributed by atoms with van der Waals surface area (Å²) in [7, 11) is 0. The number of nitrogens with one attached hydrogen (secondary N) is 1. The highest BCUT2D eigenvalue weighted by Crippen LogP contribution is 2.22. The number of halogens is 1. The SMILES string of the molecule is Cc1nc2ccccc2n1CCCNc1ncc(C(=O)N2CCCCC2)cc1Cl. The summed E-state index contributed by atoms with van der Waals surface area (Å²) in [6.07, 6.45) is 5.86.